The number of hydrogen-bond acceptors (Lipinski definition) is 9. The number of rotatable bonds is 7. The predicted molar refractivity (Wildman–Crippen MR) is 138 cm³/mol. The molecule has 0 saturated carbocycles. The number of nitrogens with two attached hydrogens (primary N) is 1. The first-order valence-electron chi connectivity index (χ1n) is 10.6. The van der Waals surface area contributed by atoms with E-state index in [1.165, 1.54) is 32.4 Å². The zero-order valence-corrected chi connectivity index (χ0v) is 20.5. The number of phenols is 1. The molecule has 0 aliphatic rings. The lowest BCUT2D eigenvalue weighted by Crippen LogP contribution is -1.99. The Bertz CT molecular complexity index is 1590. The summed E-state index contributed by atoms with van der Waals surface area (Å²) in [5.41, 5.74) is 8.52. The summed E-state index contributed by atoms with van der Waals surface area (Å²) in [5.74, 6) is 0.0841. The Hall–Kier alpha value is -4.35. The highest BCUT2D eigenvalue weighted by Crippen LogP contribution is 2.43. The van der Waals surface area contributed by atoms with Crippen LogP contribution in [0.3, 0.4) is 0 Å². The SMILES string of the molecule is COc1cc(N=Nc2c(S(=O)(=O)O)cc3cc(Nc4ccc(C)cc4)ccc3c2O)c(OC)cc1N. The fourth-order valence-corrected chi connectivity index (χ4v) is 4.27. The third-order valence-electron chi connectivity index (χ3n) is 5.46. The van der Waals surface area contributed by atoms with E-state index >= 15 is 0 Å². The second-order valence-electron chi connectivity index (χ2n) is 7.94. The van der Waals surface area contributed by atoms with Crippen molar-refractivity contribution in [1.82, 2.24) is 0 Å². The number of methoxy groups -OCH3 is 2. The Balaban J connectivity index is 1.82. The number of azo groups is 1. The number of nitrogen functional groups attached to an aromatic ring is 1. The van der Waals surface area contributed by atoms with E-state index in [2.05, 4.69) is 15.5 Å². The van der Waals surface area contributed by atoms with Crippen LogP contribution >= 0.6 is 0 Å². The molecule has 36 heavy (non-hydrogen) atoms. The summed E-state index contributed by atoms with van der Waals surface area (Å²) in [6, 6.07) is 16.9. The molecule has 0 bridgehead atoms. The van der Waals surface area contributed by atoms with E-state index in [1.807, 2.05) is 31.2 Å². The Labute approximate surface area is 207 Å². The standard InChI is InChI=1S/C25H24N4O6S/c1-14-4-6-16(7-5-14)27-17-8-9-18-15(10-17)11-23(36(31,32)33)24(25(18)30)29-28-20-13-21(34-2)19(26)12-22(20)35-3/h4-13,27,30H,26H2,1-3H3,(H,31,32,33). The van der Waals surface area contributed by atoms with E-state index in [0.717, 1.165) is 11.3 Å². The molecule has 5 N–H and O–H groups in total. The molecule has 0 aliphatic carbocycles. The number of nitrogens with one attached hydrogen (secondary N) is 1. The number of ether oxygens (including phenoxy) is 2. The molecule has 186 valence electrons. The lowest BCUT2D eigenvalue weighted by molar-refractivity contribution is 0.406. The van der Waals surface area contributed by atoms with Crippen LogP contribution in [-0.4, -0.2) is 32.3 Å². The molecular formula is C25H24N4O6S. The van der Waals surface area contributed by atoms with Gasteiger partial charge in [-0.25, -0.2) is 0 Å². The minimum Gasteiger partial charge on any atom is -0.505 e. The van der Waals surface area contributed by atoms with Crippen molar-refractivity contribution in [3.8, 4) is 17.2 Å². The molecule has 4 rings (SSSR count). The zero-order chi connectivity index (χ0) is 26.0. The van der Waals surface area contributed by atoms with Crippen molar-refractivity contribution in [2.75, 3.05) is 25.3 Å². The molecule has 11 heteroatoms. The van der Waals surface area contributed by atoms with Gasteiger partial charge in [-0.3, -0.25) is 4.55 Å². The van der Waals surface area contributed by atoms with Gasteiger partial charge in [0.2, 0.25) is 0 Å². The van der Waals surface area contributed by atoms with E-state index in [-0.39, 0.29) is 11.4 Å². The van der Waals surface area contributed by atoms with Crippen LogP contribution in [0.25, 0.3) is 10.8 Å². The molecule has 0 heterocycles. The second kappa shape index (κ2) is 9.72. The molecule has 0 aliphatic heterocycles. The smallest absolute Gasteiger partial charge is 0.296 e. The van der Waals surface area contributed by atoms with Crippen LogP contribution in [0.2, 0.25) is 0 Å². The Kier molecular flexibility index (Phi) is 6.69. The van der Waals surface area contributed by atoms with Crippen molar-refractivity contribution < 1.29 is 27.6 Å². The Morgan fingerprint density at radius 3 is 2.19 bits per heavy atom. The van der Waals surface area contributed by atoms with E-state index < -0.39 is 26.5 Å². The number of fused-ring (bicyclic) bond motifs is 1. The van der Waals surface area contributed by atoms with Crippen LogP contribution in [0.15, 0.2) is 75.8 Å². The van der Waals surface area contributed by atoms with E-state index in [1.54, 1.807) is 18.2 Å². The van der Waals surface area contributed by atoms with Crippen LogP contribution < -0.4 is 20.5 Å². The molecule has 0 fully saturated rings. The van der Waals surface area contributed by atoms with Crippen molar-refractivity contribution in [1.29, 1.82) is 0 Å². The van der Waals surface area contributed by atoms with Gasteiger partial charge in [0.05, 0.1) is 19.9 Å². The van der Waals surface area contributed by atoms with Crippen LogP contribution in [0.1, 0.15) is 5.56 Å². The number of benzene rings is 4. The fourth-order valence-electron chi connectivity index (χ4n) is 3.61. The quantitative estimate of drug-likeness (QED) is 0.137. The second-order valence-corrected chi connectivity index (χ2v) is 9.33. The number of phenolic OH excluding ortho intramolecular Hbond substituents is 1. The highest BCUT2D eigenvalue weighted by molar-refractivity contribution is 7.86. The van der Waals surface area contributed by atoms with Gasteiger partial charge < -0.3 is 25.6 Å². The molecule has 0 unspecified atom stereocenters. The van der Waals surface area contributed by atoms with Gasteiger partial charge in [-0.2, -0.15) is 8.42 Å². The molecule has 0 aromatic heterocycles. The summed E-state index contributed by atoms with van der Waals surface area (Å²) in [4.78, 5) is -0.606. The maximum Gasteiger partial charge on any atom is 0.296 e. The van der Waals surface area contributed by atoms with Crippen LogP contribution in [0.5, 0.6) is 17.2 Å². The monoisotopic (exact) mass is 508 g/mol. The number of anilines is 3. The molecule has 0 amide bonds. The lowest BCUT2D eigenvalue weighted by atomic mass is 10.1. The van der Waals surface area contributed by atoms with Gasteiger partial charge in [0.25, 0.3) is 10.1 Å². The van der Waals surface area contributed by atoms with Gasteiger partial charge in [-0.1, -0.05) is 17.7 Å². The zero-order valence-electron chi connectivity index (χ0n) is 19.7. The molecule has 0 saturated heterocycles. The molecule has 0 radical (unpaired) electrons. The normalized spacial score (nSPS) is 11.7. The van der Waals surface area contributed by atoms with Gasteiger partial charge in [-0.15, -0.1) is 10.2 Å². The highest BCUT2D eigenvalue weighted by Gasteiger charge is 2.22. The number of aromatic hydroxyl groups is 1. The summed E-state index contributed by atoms with van der Waals surface area (Å²) >= 11 is 0. The van der Waals surface area contributed by atoms with Crippen LogP contribution in [0, 0.1) is 6.92 Å². The average Bonchev–Trinajstić information content (AvgIpc) is 2.84. The molecule has 10 nitrogen and oxygen atoms in total. The first-order valence-corrected chi connectivity index (χ1v) is 12.1. The van der Waals surface area contributed by atoms with Crippen molar-refractivity contribution in [2.45, 2.75) is 11.8 Å². The third kappa shape index (κ3) is 5.02. The Morgan fingerprint density at radius 1 is 0.889 bits per heavy atom. The Morgan fingerprint density at radius 2 is 1.56 bits per heavy atom. The summed E-state index contributed by atoms with van der Waals surface area (Å²) < 4.78 is 44.7. The topological polar surface area (TPSA) is 156 Å². The molecule has 0 spiro atoms. The van der Waals surface area contributed by atoms with Crippen molar-refractivity contribution >= 4 is 49.3 Å². The van der Waals surface area contributed by atoms with Crippen molar-refractivity contribution in [2.24, 2.45) is 10.2 Å². The maximum absolute atomic E-state index is 12.2. The molecule has 0 atom stereocenters. The molecule has 4 aromatic rings. The van der Waals surface area contributed by atoms with Gasteiger partial charge in [0, 0.05) is 28.9 Å². The van der Waals surface area contributed by atoms with Crippen LogP contribution in [0.4, 0.5) is 28.4 Å². The van der Waals surface area contributed by atoms with E-state index in [4.69, 9.17) is 15.2 Å². The van der Waals surface area contributed by atoms with E-state index in [0.29, 0.717) is 27.9 Å². The van der Waals surface area contributed by atoms with Gasteiger partial charge in [0.1, 0.15) is 27.8 Å². The van der Waals surface area contributed by atoms with Gasteiger partial charge >= 0.3 is 0 Å². The largest absolute Gasteiger partial charge is 0.505 e. The minimum atomic E-state index is -4.77. The summed E-state index contributed by atoms with van der Waals surface area (Å²) in [5, 5.41) is 22.8. The summed E-state index contributed by atoms with van der Waals surface area (Å²) in [6.45, 7) is 1.98. The number of aryl methyl sites for hydroxylation is 1. The first kappa shape index (κ1) is 24.8. The third-order valence-corrected chi connectivity index (χ3v) is 6.33. The predicted octanol–water partition coefficient (Wildman–Crippen LogP) is 5.86. The van der Waals surface area contributed by atoms with Crippen molar-refractivity contribution in [3.63, 3.8) is 0 Å². The summed E-state index contributed by atoms with van der Waals surface area (Å²) in [6.07, 6.45) is 0. The van der Waals surface area contributed by atoms with Gasteiger partial charge in [-0.05, 0) is 48.7 Å². The highest BCUT2D eigenvalue weighted by atomic mass is 32.2. The maximum atomic E-state index is 12.2. The van der Waals surface area contributed by atoms with Gasteiger partial charge in [0.15, 0.2) is 5.75 Å². The minimum absolute atomic E-state index is 0.169. The number of hydrogen-bond donors (Lipinski definition) is 4. The van der Waals surface area contributed by atoms with Crippen LogP contribution in [-0.2, 0) is 10.1 Å². The fraction of sp³-hybridized carbons (Fsp3) is 0.120. The van der Waals surface area contributed by atoms with E-state index in [9.17, 15) is 18.1 Å². The van der Waals surface area contributed by atoms with Crippen molar-refractivity contribution in [3.05, 3.63) is 66.2 Å². The summed E-state index contributed by atoms with van der Waals surface area (Å²) in [7, 11) is -1.95. The first-order chi connectivity index (χ1) is 17.1. The number of nitrogens with zero attached hydrogens (tertiary/aromatic N) is 2. The lowest BCUT2D eigenvalue weighted by Gasteiger charge is -2.12. The molecule has 4 aromatic carbocycles. The average molecular weight is 509 g/mol. The molecular weight excluding hydrogens is 484 g/mol.